The summed E-state index contributed by atoms with van der Waals surface area (Å²) in [6, 6.07) is 4.57. The van der Waals surface area contributed by atoms with Crippen LogP contribution >= 0.6 is 0 Å². The van der Waals surface area contributed by atoms with Gasteiger partial charge in [-0.05, 0) is 68.4 Å². The maximum atomic E-state index is 12.5. The fourth-order valence-corrected chi connectivity index (χ4v) is 5.25. The summed E-state index contributed by atoms with van der Waals surface area (Å²) in [6.45, 7) is 0. The molecule has 0 atom stereocenters. The van der Waals surface area contributed by atoms with Gasteiger partial charge in [-0.3, -0.25) is 4.79 Å². The molecule has 0 aromatic carbocycles. The number of pyridine rings is 1. The fourth-order valence-electron chi connectivity index (χ4n) is 5.25. The Kier molecular flexibility index (Phi) is 2.99. The van der Waals surface area contributed by atoms with Crippen LogP contribution in [0.1, 0.15) is 59.5 Å². The number of carboxylic acid groups (broad SMARTS) is 1. The molecule has 22 heavy (non-hydrogen) atoms. The minimum absolute atomic E-state index is 0.0766. The van der Waals surface area contributed by atoms with E-state index in [1.807, 2.05) is 0 Å². The van der Waals surface area contributed by atoms with E-state index in [1.54, 1.807) is 12.1 Å². The molecule has 1 heterocycles. The third-order valence-electron chi connectivity index (χ3n) is 5.62. The summed E-state index contributed by atoms with van der Waals surface area (Å²) in [6.07, 6.45) is 7.18. The van der Waals surface area contributed by atoms with E-state index in [2.05, 4.69) is 10.3 Å². The highest BCUT2D eigenvalue weighted by molar-refractivity contribution is 5.94. The first-order valence-corrected chi connectivity index (χ1v) is 8.06. The minimum atomic E-state index is -1.11. The Morgan fingerprint density at radius 1 is 1.05 bits per heavy atom. The van der Waals surface area contributed by atoms with Crippen molar-refractivity contribution in [3.05, 3.63) is 29.6 Å². The Morgan fingerprint density at radius 2 is 1.59 bits per heavy atom. The molecule has 4 aliphatic carbocycles. The highest BCUT2D eigenvalue weighted by atomic mass is 16.4. The van der Waals surface area contributed by atoms with Gasteiger partial charge in [0.05, 0.1) is 0 Å². The van der Waals surface area contributed by atoms with Gasteiger partial charge < -0.3 is 10.4 Å². The summed E-state index contributed by atoms with van der Waals surface area (Å²) < 4.78 is 0. The van der Waals surface area contributed by atoms with Crippen molar-refractivity contribution in [3.8, 4) is 0 Å². The Balaban J connectivity index is 1.55. The first-order chi connectivity index (χ1) is 10.5. The quantitative estimate of drug-likeness (QED) is 0.898. The van der Waals surface area contributed by atoms with Crippen molar-refractivity contribution in [2.45, 2.75) is 44.1 Å². The van der Waals surface area contributed by atoms with Crippen molar-refractivity contribution in [2.75, 3.05) is 0 Å². The van der Waals surface area contributed by atoms with Gasteiger partial charge in [0.25, 0.3) is 5.91 Å². The Bertz CT molecular complexity index is 605. The number of rotatable bonds is 3. The Morgan fingerprint density at radius 3 is 2.14 bits per heavy atom. The second-order valence-corrected chi connectivity index (χ2v) is 7.37. The van der Waals surface area contributed by atoms with Crippen LogP contribution in [0.5, 0.6) is 0 Å². The monoisotopic (exact) mass is 300 g/mol. The summed E-state index contributed by atoms with van der Waals surface area (Å²) in [5.41, 5.74) is 0.0426. The van der Waals surface area contributed by atoms with Crippen LogP contribution in [0.2, 0.25) is 0 Å². The Labute approximate surface area is 129 Å². The zero-order valence-corrected chi connectivity index (χ0v) is 12.4. The predicted molar refractivity (Wildman–Crippen MR) is 79.6 cm³/mol. The van der Waals surface area contributed by atoms with E-state index in [0.29, 0.717) is 0 Å². The number of hydrogen-bond donors (Lipinski definition) is 2. The van der Waals surface area contributed by atoms with Gasteiger partial charge in [0.1, 0.15) is 11.4 Å². The zero-order chi connectivity index (χ0) is 15.3. The molecule has 1 amide bonds. The number of aromatic carboxylic acids is 1. The van der Waals surface area contributed by atoms with E-state index in [0.717, 1.165) is 37.0 Å². The van der Waals surface area contributed by atoms with Crippen molar-refractivity contribution in [2.24, 2.45) is 17.8 Å². The molecule has 0 saturated heterocycles. The van der Waals surface area contributed by atoms with Gasteiger partial charge in [0.2, 0.25) is 0 Å². The standard InChI is InChI=1S/C17H20N2O3/c20-15(13-2-1-3-14(18-13)16(21)22)19-17-7-10-4-11(8-17)6-12(5-10)9-17/h1-3,10-12H,4-9H2,(H,19,20)(H,21,22). The molecule has 0 aliphatic heterocycles. The lowest BCUT2D eigenvalue weighted by molar-refractivity contribution is -0.0167. The lowest BCUT2D eigenvalue weighted by atomic mass is 9.53. The van der Waals surface area contributed by atoms with Gasteiger partial charge >= 0.3 is 5.97 Å². The molecule has 0 spiro atoms. The third-order valence-corrected chi connectivity index (χ3v) is 5.62. The summed E-state index contributed by atoms with van der Waals surface area (Å²) in [7, 11) is 0. The zero-order valence-electron chi connectivity index (χ0n) is 12.4. The van der Waals surface area contributed by atoms with E-state index in [4.69, 9.17) is 5.11 Å². The van der Waals surface area contributed by atoms with Crippen LogP contribution in [-0.2, 0) is 0 Å². The van der Waals surface area contributed by atoms with Crippen LogP contribution in [0, 0.1) is 17.8 Å². The van der Waals surface area contributed by atoms with Crippen molar-refractivity contribution < 1.29 is 14.7 Å². The number of hydrogen-bond acceptors (Lipinski definition) is 3. The maximum absolute atomic E-state index is 12.5. The minimum Gasteiger partial charge on any atom is -0.477 e. The third kappa shape index (κ3) is 2.28. The van der Waals surface area contributed by atoms with Gasteiger partial charge in [-0.2, -0.15) is 0 Å². The van der Waals surface area contributed by atoms with E-state index in [9.17, 15) is 9.59 Å². The van der Waals surface area contributed by atoms with Crippen molar-refractivity contribution in [3.63, 3.8) is 0 Å². The van der Waals surface area contributed by atoms with Gasteiger partial charge in [0.15, 0.2) is 0 Å². The maximum Gasteiger partial charge on any atom is 0.354 e. The smallest absolute Gasteiger partial charge is 0.354 e. The van der Waals surface area contributed by atoms with Crippen LogP contribution in [0.4, 0.5) is 0 Å². The van der Waals surface area contributed by atoms with Crippen molar-refractivity contribution in [1.82, 2.24) is 10.3 Å². The molecule has 1 aromatic heterocycles. The topological polar surface area (TPSA) is 79.3 Å². The molecule has 4 bridgehead atoms. The number of amides is 1. The molecular weight excluding hydrogens is 280 g/mol. The van der Waals surface area contributed by atoms with E-state index >= 15 is 0 Å². The average molecular weight is 300 g/mol. The van der Waals surface area contributed by atoms with E-state index < -0.39 is 5.97 Å². The largest absolute Gasteiger partial charge is 0.477 e. The number of carbonyl (C=O) groups is 2. The number of nitrogens with zero attached hydrogens (tertiary/aromatic N) is 1. The van der Waals surface area contributed by atoms with Crippen molar-refractivity contribution >= 4 is 11.9 Å². The second-order valence-electron chi connectivity index (χ2n) is 7.37. The Hall–Kier alpha value is -1.91. The number of carbonyl (C=O) groups excluding carboxylic acids is 1. The molecule has 116 valence electrons. The molecule has 0 radical (unpaired) electrons. The number of nitrogens with one attached hydrogen (secondary N) is 1. The molecule has 4 aliphatic rings. The molecule has 2 N–H and O–H groups in total. The fraction of sp³-hybridized carbons (Fsp3) is 0.588. The molecular formula is C17H20N2O3. The van der Waals surface area contributed by atoms with E-state index in [-0.39, 0.29) is 22.8 Å². The lowest BCUT2D eigenvalue weighted by Gasteiger charge is -2.56. The van der Waals surface area contributed by atoms with Gasteiger partial charge in [0, 0.05) is 5.54 Å². The van der Waals surface area contributed by atoms with Crippen LogP contribution in [0.3, 0.4) is 0 Å². The SMILES string of the molecule is O=C(O)c1cccc(C(=O)NC23CC4CC(CC(C4)C2)C3)n1. The highest BCUT2D eigenvalue weighted by Gasteiger charge is 2.51. The second kappa shape index (κ2) is 4.80. The predicted octanol–water partition coefficient (Wildman–Crippen LogP) is 2.48. The molecule has 0 unspecified atom stereocenters. The van der Waals surface area contributed by atoms with E-state index in [1.165, 1.54) is 25.3 Å². The molecule has 4 saturated carbocycles. The van der Waals surface area contributed by atoms with Gasteiger partial charge in [-0.1, -0.05) is 6.07 Å². The van der Waals surface area contributed by atoms with Crippen LogP contribution in [0.15, 0.2) is 18.2 Å². The first-order valence-electron chi connectivity index (χ1n) is 8.06. The number of carboxylic acids is 1. The summed E-state index contributed by atoms with van der Waals surface area (Å²) in [5.74, 6) is 0.925. The normalized spacial score (nSPS) is 35.4. The van der Waals surface area contributed by atoms with Crippen LogP contribution in [0.25, 0.3) is 0 Å². The molecule has 5 heteroatoms. The summed E-state index contributed by atoms with van der Waals surface area (Å²) in [5, 5.41) is 12.2. The average Bonchev–Trinajstić information content (AvgIpc) is 2.45. The van der Waals surface area contributed by atoms with Gasteiger partial charge in [-0.15, -0.1) is 0 Å². The molecule has 1 aromatic rings. The molecule has 5 rings (SSSR count). The van der Waals surface area contributed by atoms with Crippen LogP contribution < -0.4 is 5.32 Å². The highest BCUT2D eigenvalue weighted by Crippen LogP contribution is 2.55. The van der Waals surface area contributed by atoms with Gasteiger partial charge in [-0.25, -0.2) is 9.78 Å². The molecule has 4 fully saturated rings. The first kappa shape index (κ1) is 13.7. The lowest BCUT2D eigenvalue weighted by Crippen LogP contribution is -2.59. The van der Waals surface area contributed by atoms with Crippen LogP contribution in [-0.4, -0.2) is 27.5 Å². The summed E-state index contributed by atoms with van der Waals surface area (Å²) in [4.78, 5) is 27.5. The van der Waals surface area contributed by atoms with Crippen molar-refractivity contribution in [1.29, 1.82) is 0 Å². The number of aromatic nitrogens is 1. The summed E-state index contributed by atoms with van der Waals surface area (Å²) >= 11 is 0. The molecule has 5 nitrogen and oxygen atoms in total.